The standard InChI is InChI=1S/C16H18N2O3/c1-21-15-8-7-12(10-18-15)9-17-11-14(16(19)20)13-5-3-2-4-6-13/h2-8,10,14,17H,9,11H2,1H3,(H,19,20). The first-order valence-electron chi connectivity index (χ1n) is 6.68. The van der Waals surface area contributed by atoms with E-state index in [1.165, 1.54) is 0 Å². The zero-order chi connectivity index (χ0) is 15.1. The predicted octanol–water partition coefficient (Wildman–Crippen LogP) is 2.05. The van der Waals surface area contributed by atoms with Crippen LogP contribution in [0.3, 0.4) is 0 Å². The molecule has 0 aliphatic heterocycles. The molecule has 0 radical (unpaired) electrons. The summed E-state index contributed by atoms with van der Waals surface area (Å²) in [7, 11) is 1.57. The van der Waals surface area contributed by atoms with Gasteiger partial charge in [0.2, 0.25) is 5.88 Å². The lowest BCUT2D eigenvalue weighted by Crippen LogP contribution is -2.26. The quantitative estimate of drug-likeness (QED) is 0.815. The molecule has 0 amide bonds. The Morgan fingerprint density at radius 2 is 2.05 bits per heavy atom. The van der Waals surface area contributed by atoms with Crippen LogP contribution in [-0.4, -0.2) is 29.7 Å². The number of aromatic nitrogens is 1. The molecule has 2 rings (SSSR count). The maximum Gasteiger partial charge on any atom is 0.312 e. The minimum absolute atomic E-state index is 0.366. The summed E-state index contributed by atoms with van der Waals surface area (Å²) in [6.07, 6.45) is 1.71. The zero-order valence-electron chi connectivity index (χ0n) is 11.8. The van der Waals surface area contributed by atoms with Crippen LogP contribution in [0.25, 0.3) is 0 Å². The molecule has 1 unspecified atom stereocenters. The van der Waals surface area contributed by atoms with Crippen LogP contribution in [0.4, 0.5) is 0 Å². The van der Waals surface area contributed by atoms with E-state index >= 15 is 0 Å². The topological polar surface area (TPSA) is 71.5 Å². The Morgan fingerprint density at radius 3 is 2.62 bits per heavy atom. The molecule has 1 aromatic carbocycles. The second-order valence-corrected chi connectivity index (χ2v) is 4.64. The van der Waals surface area contributed by atoms with Crippen molar-refractivity contribution in [1.29, 1.82) is 0 Å². The first-order chi connectivity index (χ1) is 10.2. The number of methoxy groups -OCH3 is 1. The van der Waals surface area contributed by atoms with E-state index in [0.29, 0.717) is 19.0 Å². The Morgan fingerprint density at radius 1 is 1.29 bits per heavy atom. The number of benzene rings is 1. The molecule has 0 aliphatic carbocycles. The van der Waals surface area contributed by atoms with Gasteiger partial charge in [0.15, 0.2) is 0 Å². The monoisotopic (exact) mass is 286 g/mol. The number of hydrogen-bond acceptors (Lipinski definition) is 4. The van der Waals surface area contributed by atoms with Crippen LogP contribution in [-0.2, 0) is 11.3 Å². The molecule has 0 saturated heterocycles. The van der Waals surface area contributed by atoms with Gasteiger partial charge >= 0.3 is 5.97 Å². The molecular formula is C16H18N2O3. The lowest BCUT2D eigenvalue weighted by atomic mass is 9.99. The smallest absolute Gasteiger partial charge is 0.312 e. The molecule has 1 heterocycles. The Labute approximate surface area is 123 Å². The normalized spacial score (nSPS) is 11.9. The molecular weight excluding hydrogens is 268 g/mol. The molecule has 2 aromatic rings. The number of nitrogens with one attached hydrogen (secondary N) is 1. The van der Waals surface area contributed by atoms with Crippen molar-refractivity contribution in [2.24, 2.45) is 0 Å². The van der Waals surface area contributed by atoms with Gasteiger partial charge in [-0.3, -0.25) is 4.79 Å². The average Bonchev–Trinajstić information content (AvgIpc) is 2.52. The highest BCUT2D eigenvalue weighted by molar-refractivity contribution is 5.76. The zero-order valence-corrected chi connectivity index (χ0v) is 11.8. The Bertz CT molecular complexity index is 570. The van der Waals surface area contributed by atoms with Crippen LogP contribution >= 0.6 is 0 Å². The fraction of sp³-hybridized carbons (Fsp3) is 0.250. The van der Waals surface area contributed by atoms with Gasteiger partial charge in [-0.15, -0.1) is 0 Å². The van der Waals surface area contributed by atoms with E-state index in [1.807, 2.05) is 36.4 Å². The molecule has 21 heavy (non-hydrogen) atoms. The van der Waals surface area contributed by atoms with Crippen LogP contribution in [0.15, 0.2) is 48.7 Å². The number of nitrogens with zero attached hydrogens (tertiary/aromatic N) is 1. The number of carbonyl (C=O) groups is 1. The third-order valence-corrected chi connectivity index (χ3v) is 3.18. The van der Waals surface area contributed by atoms with E-state index in [-0.39, 0.29) is 0 Å². The number of hydrogen-bond donors (Lipinski definition) is 2. The fourth-order valence-corrected chi connectivity index (χ4v) is 2.03. The number of carboxylic acids is 1. The van der Waals surface area contributed by atoms with Gasteiger partial charge in [0, 0.05) is 25.4 Å². The van der Waals surface area contributed by atoms with E-state index in [2.05, 4.69) is 10.3 Å². The lowest BCUT2D eigenvalue weighted by Gasteiger charge is -2.13. The summed E-state index contributed by atoms with van der Waals surface area (Å²) in [4.78, 5) is 15.5. The van der Waals surface area contributed by atoms with Gasteiger partial charge in [-0.05, 0) is 11.1 Å². The van der Waals surface area contributed by atoms with Gasteiger partial charge in [-0.2, -0.15) is 0 Å². The van der Waals surface area contributed by atoms with Crippen molar-refractivity contribution in [3.63, 3.8) is 0 Å². The summed E-state index contributed by atoms with van der Waals surface area (Å²) in [5, 5.41) is 12.5. The number of aliphatic carboxylic acids is 1. The van der Waals surface area contributed by atoms with Crippen molar-refractivity contribution in [3.8, 4) is 5.88 Å². The van der Waals surface area contributed by atoms with E-state index in [1.54, 1.807) is 19.4 Å². The largest absolute Gasteiger partial charge is 0.481 e. The van der Waals surface area contributed by atoms with Gasteiger partial charge in [-0.1, -0.05) is 36.4 Å². The van der Waals surface area contributed by atoms with Gasteiger partial charge in [0.1, 0.15) is 0 Å². The summed E-state index contributed by atoms with van der Waals surface area (Å²) >= 11 is 0. The molecule has 110 valence electrons. The van der Waals surface area contributed by atoms with Crippen molar-refractivity contribution in [2.45, 2.75) is 12.5 Å². The van der Waals surface area contributed by atoms with Gasteiger partial charge in [-0.25, -0.2) is 4.98 Å². The van der Waals surface area contributed by atoms with Crippen molar-refractivity contribution in [1.82, 2.24) is 10.3 Å². The van der Waals surface area contributed by atoms with Gasteiger partial charge in [0.05, 0.1) is 13.0 Å². The second kappa shape index (κ2) is 7.40. The number of rotatable bonds is 7. The SMILES string of the molecule is COc1ccc(CNCC(C(=O)O)c2ccccc2)cn1. The van der Waals surface area contributed by atoms with E-state index < -0.39 is 11.9 Å². The van der Waals surface area contributed by atoms with Crippen LogP contribution < -0.4 is 10.1 Å². The highest BCUT2D eigenvalue weighted by atomic mass is 16.5. The summed E-state index contributed by atoms with van der Waals surface area (Å²) in [5.74, 6) is -0.828. The maximum atomic E-state index is 11.4. The average molecular weight is 286 g/mol. The first kappa shape index (κ1) is 15.0. The lowest BCUT2D eigenvalue weighted by molar-refractivity contribution is -0.138. The minimum atomic E-state index is -0.832. The molecule has 5 nitrogen and oxygen atoms in total. The molecule has 1 atom stereocenters. The Hall–Kier alpha value is -2.40. The van der Waals surface area contributed by atoms with Crippen LogP contribution in [0.5, 0.6) is 5.88 Å². The number of carboxylic acid groups (broad SMARTS) is 1. The molecule has 2 N–H and O–H groups in total. The van der Waals surface area contributed by atoms with Crippen molar-refractivity contribution >= 4 is 5.97 Å². The van der Waals surface area contributed by atoms with E-state index in [4.69, 9.17) is 4.74 Å². The molecule has 5 heteroatoms. The van der Waals surface area contributed by atoms with E-state index in [9.17, 15) is 9.90 Å². The molecule has 0 fully saturated rings. The fourth-order valence-electron chi connectivity index (χ4n) is 2.03. The Kier molecular flexibility index (Phi) is 5.29. The van der Waals surface area contributed by atoms with Gasteiger partial charge in [0.25, 0.3) is 0 Å². The first-order valence-corrected chi connectivity index (χ1v) is 6.68. The highest BCUT2D eigenvalue weighted by Gasteiger charge is 2.18. The molecule has 0 aliphatic rings. The summed E-state index contributed by atoms with van der Waals surface area (Å²) < 4.78 is 4.99. The Balaban J connectivity index is 1.92. The number of pyridine rings is 1. The van der Waals surface area contributed by atoms with Crippen LogP contribution in [0.2, 0.25) is 0 Å². The maximum absolute atomic E-state index is 11.4. The minimum Gasteiger partial charge on any atom is -0.481 e. The molecule has 0 saturated carbocycles. The molecule has 0 bridgehead atoms. The van der Waals surface area contributed by atoms with E-state index in [0.717, 1.165) is 11.1 Å². The van der Waals surface area contributed by atoms with Crippen LogP contribution in [0.1, 0.15) is 17.0 Å². The summed E-state index contributed by atoms with van der Waals surface area (Å²) in [6.45, 7) is 0.930. The molecule has 0 spiro atoms. The third-order valence-electron chi connectivity index (χ3n) is 3.18. The van der Waals surface area contributed by atoms with Crippen molar-refractivity contribution < 1.29 is 14.6 Å². The van der Waals surface area contributed by atoms with Crippen molar-refractivity contribution in [3.05, 3.63) is 59.8 Å². The third kappa shape index (κ3) is 4.29. The predicted molar refractivity (Wildman–Crippen MR) is 79.3 cm³/mol. The van der Waals surface area contributed by atoms with Crippen LogP contribution in [0, 0.1) is 0 Å². The summed E-state index contributed by atoms with van der Waals surface area (Å²) in [6, 6.07) is 12.9. The molecule has 1 aromatic heterocycles. The van der Waals surface area contributed by atoms with Crippen molar-refractivity contribution in [2.75, 3.05) is 13.7 Å². The summed E-state index contributed by atoms with van der Waals surface area (Å²) in [5.41, 5.74) is 1.78. The second-order valence-electron chi connectivity index (χ2n) is 4.64. The van der Waals surface area contributed by atoms with Gasteiger partial charge < -0.3 is 15.2 Å². The number of ether oxygens (including phenoxy) is 1. The highest BCUT2D eigenvalue weighted by Crippen LogP contribution is 2.15.